The molecule has 0 aliphatic heterocycles. The lowest BCUT2D eigenvalue weighted by atomic mass is 10.0. The van der Waals surface area contributed by atoms with Crippen LogP contribution in [0.15, 0.2) is 84.9 Å². The maximum absolute atomic E-state index is 14.7. The maximum Gasteiger partial charge on any atom is 0.246 e. The van der Waals surface area contributed by atoms with Gasteiger partial charge in [0, 0.05) is 11.1 Å². The first-order valence-electron chi connectivity index (χ1n) is 25.3. The number of halogens is 2. The van der Waals surface area contributed by atoms with Crippen LogP contribution < -0.4 is 10.6 Å². The van der Waals surface area contributed by atoms with E-state index in [1.165, 1.54) is 0 Å². The summed E-state index contributed by atoms with van der Waals surface area (Å²) in [6, 6.07) is 24.6. The lowest BCUT2D eigenvalue weighted by molar-refractivity contribution is -0.127. The molecule has 0 radical (unpaired) electrons. The van der Waals surface area contributed by atoms with E-state index in [1.807, 2.05) is 60.7 Å². The molecular weight excluding hydrogens is 951 g/mol. The molecule has 19 heteroatoms. The second-order valence-electron chi connectivity index (χ2n) is 17.2. The van der Waals surface area contributed by atoms with Gasteiger partial charge in [0.1, 0.15) is 13.2 Å². The third-order valence-electron chi connectivity index (χ3n) is 11.5. The Bertz CT molecular complexity index is 1990. The molecule has 0 spiro atoms. The van der Waals surface area contributed by atoms with Crippen molar-refractivity contribution in [1.82, 2.24) is 20.6 Å². The number of ether oxygens (including phenoxy) is 11. The van der Waals surface area contributed by atoms with E-state index in [0.29, 0.717) is 141 Å². The predicted molar refractivity (Wildman–Crippen MR) is 264 cm³/mol. The summed E-state index contributed by atoms with van der Waals surface area (Å²) in [4.78, 5) is 33.8. The standard InChI is InChI=1S/C54H72F2N4O13/c55-53-45(41-11-12-41)15-17-47(57-53)51(43-7-3-1-4-8-43)59-49(61)39-72-37-35-70-33-31-68-29-27-66-25-23-64-21-19-63-20-22-65-24-26-67-28-30-69-32-34-71-36-38-73-40-50(62)60-52(44-9-5-2-6-10-44)48-18-16-46(42-13-14-42)54(56)58-48/h1-10,15-18,41-42,51-52H,11-14,19-40H2,(H,59,61)(H,60,62). The highest BCUT2D eigenvalue weighted by Crippen LogP contribution is 2.42. The minimum Gasteiger partial charge on any atom is -0.377 e. The van der Waals surface area contributed by atoms with Crippen LogP contribution in [0.1, 0.15) is 83.2 Å². The zero-order chi connectivity index (χ0) is 51.0. The van der Waals surface area contributed by atoms with Crippen molar-refractivity contribution in [2.24, 2.45) is 0 Å². The van der Waals surface area contributed by atoms with Crippen LogP contribution in [0.25, 0.3) is 0 Å². The molecule has 2 atom stereocenters. The first-order chi connectivity index (χ1) is 36.0. The van der Waals surface area contributed by atoms with Gasteiger partial charge in [-0.3, -0.25) is 9.59 Å². The van der Waals surface area contributed by atoms with Crippen LogP contribution in [0.5, 0.6) is 0 Å². The highest BCUT2D eigenvalue weighted by molar-refractivity contribution is 5.78. The largest absolute Gasteiger partial charge is 0.377 e. The van der Waals surface area contributed by atoms with Crippen LogP contribution >= 0.6 is 0 Å². The zero-order valence-corrected chi connectivity index (χ0v) is 41.7. The SMILES string of the molecule is O=C(COCCOCCOCCOCCOCCOCCOCCOCCOCCOCCOCC(=O)NC(c1ccccc1)c1ccc(C2CC2)c(F)n1)NC(c1ccccc1)c1ccc(C2CC2)c(F)n1. The van der Waals surface area contributed by atoms with Crippen LogP contribution in [0, 0.1) is 11.9 Å². The van der Waals surface area contributed by atoms with E-state index in [2.05, 4.69) is 20.6 Å². The summed E-state index contributed by atoms with van der Waals surface area (Å²) < 4.78 is 90.2. The van der Waals surface area contributed by atoms with Crippen molar-refractivity contribution in [1.29, 1.82) is 0 Å². The monoisotopic (exact) mass is 1020 g/mol. The molecule has 0 bridgehead atoms. The summed E-state index contributed by atoms with van der Waals surface area (Å²) in [6.07, 6.45) is 3.90. The number of hydrogen-bond donors (Lipinski definition) is 2. The Morgan fingerprint density at radius 1 is 0.397 bits per heavy atom. The second kappa shape index (κ2) is 34.6. The Labute approximate surface area is 427 Å². The first-order valence-corrected chi connectivity index (χ1v) is 25.3. The molecule has 2 N–H and O–H groups in total. The van der Waals surface area contributed by atoms with Gasteiger partial charge in [0.2, 0.25) is 23.7 Å². The van der Waals surface area contributed by atoms with Gasteiger partial charge in [0.05, 0.1) is 156 Å². The van der Waals surface area contributed by atoms with Gasteiger partial charge < -0.3 is 62.7 Å². The number of nitrogens with zero attached hydrogens (tertiary/aromatic N) is 2. The van der Waals surface area contributed by atoms with Crippen LogP contribution in [0.2, 0.25) is 0 Å². The summed E-state index contributed by atoms with van der Waals surface area (Å²) in [6.45, 7) is 7.54. The highest BCUT2D eigenvalue weighted by atomic mass is 19.1. The fourth-order valence-electron chi connectivity index (χ4n) is 7.42. The Kier molecular flexibility index (Phi) is 27.2. The van der Waals surface area contributed by atoms with Crippen molar-refractivity contribution < 1.29 is 70.5 Å². The Morgan fingerprint density at radius 3 is 0.904 bits per heavy atom. The third kappa shape index (κ3) is 23.0. The molecule has 2 saturated carbocycles. The molecule has 6 rings (SSSR count). The predicted octanol–water partition coefficient (Wildman–Crippen LogP) is 5.80. The fraction of sp³-hybridized carbons (Fsp3) is 0.556. The van der Waals surface area contributed by atoms with Gasteiger partial charge in [-0.15, -0.1) is 0 Å². The van der Waals surface area contributed by atoms with E-state index < -0.39 is 24.0 Å². The Balaban J connectivity index is 0.627. The molecule has 0 saturated heterocycles. The molecule has 73 heavy (non-hydrogen) atoms. The lowest BCUT2D eigenvalue weighted by Crippen LogP contribution is -2.33. The molecule has 2 aromatic carbocycles. The minimum absolute atomic E-state index is 0.168. The van der Waals surface area contributed by atoms with Crippen molar-refractivity contribution in [2.75, 3.05) is 145 Å². The summed E-state index contributed by atoms with van der Waals surface area (Å²) in [5.74, 6) is -1.15. The molecule has 2 heterocycles. The van der Waals surface area contributed by atoms with Crippen LogP contribution in [0.3, 0.4) is 0 Å². The van der Waals surface area contributed by atoms with Crippen molar-refractivity contribution in [2.45, 2.75) is 49.6 Å². The number of benzene rings is 2. The summed E-state index contributed by atoms with van der Waals surface area (Å²) in [5.41, 5.74) is 3.74. The maximum atomic E-state index is 14.7. The average molecular weight is 1020 g/mol. The van der Waals surface area contributed by atoms with E-state index in [4.69, 9.17) is 52.1 Å². The highest BCUT2D eigenvalue weighted by Gasteiger charge is 2.30. The first kappa shape index (κ1) is 57.4. The van der Waals surface area contributed by atoms with Crippen molar-refractivity contribution >= 4 is 11.8 Å². The molecule has 2 aromatic heterocycles. The normalized spacial score (nSPS) is 14.3. The van der Waals surface area contributed by atoms with Crippen LogP contribution in [0.4, 0.5) is 8.78 Å². The van der Waals surface area contributed by atoms with Gasteiger partial charge in [-0.05, 0) is 60.8 Å². The summed E-state index contributed by atoms with van der Waals surface area (Å²) in [5, 5.41) is 5.85. The average Bonchev–Trinajstić information content (AvgIpc) is 4.36. The molecule has 2 amide bonds. The summed E-state index contributed by atoms with van der Waals surface area (Å²) in [7, 11) is 0. The molecular formula is C54H72F2N4O13. The van der Waals surface area contributed by atoms with Crippen LogP contribution in [-0.4, -0.2) is 167 Å². The molecule has 4 aromatic rings. The van der Waals surface area contributed by atoms with Gasteiger partial charge in [0.25, 0.3) is 0 Å². The molecule has 2 unspecified atom stereocenters. The third-order valence-corrected chi connectivity index (χ3v) is 11.5. The number of carbonyl (C=O) groups is 2. The van der Waals surface area contributed by atoms with Crippen molar-refractivity contribution in [3.05, 3.63) is 130 Å². The number of amides is 2. The molecule has 2 aliphatic rings. The molecule has 2 fully saturated rings. The van der Waals surface area contributed by atoms with Crippen LogP contribution in [-0.2, 0) is 61.7 Å². The number of hydrogen-bond acceptors (Lipinski definition) is 15. The van der Waals surface area contributed by atoms with Gasteiger partial charge in [-0.2, -0.15) is 8.78 Å². The molecule has 400 valence electrons. The molecule has 17 nitrogen and oxygen atoms in total. The Hall–Kier alpha value is -4.90. The van der Waals surface area contributed by atoms with Gasteiger partial charge in [-0.1, -0.05) is 72.8 Å². The quantitative estimate of drug-likeness (QED) is 0.0401. The number of carbonyl (C=O) groups excluding carboxylic acids is 2. The van der Waals surface area contributed by atoms with Gasteiger partial charge >= 0.3 is 0 Å². The van der Waals surface area contributed by atoms with E-state index >= 15 is 0 Å². The lowest BCUT2D eigenvalue weighted by Gasteiger charge is -2.19. The smallest absolute Gasteiger partial charge is 0.246 e. The number of pyridine rings is 2. The zero-order valence-electron chi connectivity index (χ0n) is 41.7. The number of nitrogens with one attached hydrogen (secondary N) is 2. The van der Waals surface area contributed by atoms with E-state index in [-0.39, 0.29) is 50.1 Å². The minimum atomic E-state index is -0.601. The van der Waals surface area contributed by atoms with E-state index in [1.54, 1.807) is 24.3 Å². The molecule has 2 aliphatic carbocycles. The van der Waals surface area contributed by atoms with Gasteiger partial charge in [-0.25, -0.2) is 9.97 Å². The summed E-state index contributed by atoms with van der Waals surface area (Å²) >= 11 is 0. The fourth-order valence-corrected chi connectivity index (χ4v) is 7.42. The van der Waals surface area contributed by atoms with Crippen molar-refractivity contribution in [3.8, 4) is 0 Å². The second-order valence-corrected chi connectivity index (χ2v) is 17.2. The number of aromatic nitrogens is 2. The van der Waals surface area contributed by atoms with Crippen molar-refractivity contribution in [3.63, 3.8) is 0 Å². The Morgan fingerprint density at radius 2 is 0.658 bits per heavy atom. The van der Waals surface area contributed by atoms with E-state index in [9.17, 15) is 18.4 Å². The number of rotatable bonds is 42. The topological polar surface area (TPSA) is 186 Å². The van der Waals surface area contributed by atoms with E-state index in [0.717, 1.165) is 36.8 Å². The van der Waals surface area contributed by atoms with Gasteiger partial charge in [0.15, 0.2) is 0 Å².